The minimum absolute atomic E-state index is 0.215. The van der Waals surface area contributed by atoms with Crippen LogP contribution in [-0.2, 0) is 9.59 Å². The fraction of sp³-hybridized carbons (Fsp3) is 0.333. The van der Waals surface area contributed by atoms with Crippen LogP contribution in [-0.4, -0.2) is 49.9 Å². The molecule has 134 valence electrons. The summed E-state index contributed by atoms with van der Waals surface area (Å²) in [5.74, 6) is 0.215. The first-order chi connectivity index (χ1) is 12.7. The van der Waals surface area contributed by atoms with Crippen molar-refractivity contribution in [3.63, 3.8) is 0 Å². The molecule has 0 aliphatic carbocycles. The van der Waals surface area contributed by atoms with E-state index < -0.39 is 0 Å². The van der Waals surface area contributed by atoms with Gasteiger partial charge in [0.1, 0.15) is 0 Å². The Morgan fingerprint density at radius 1 is 0.808 bits per heavy atom. The molecular weight excluding hydrogens is 326 g/mol. The summed E-state index contributed by atoms with van der Waals surface area (Å²) < 4.78 is 0. The van der Waals surface area contributed by atoms with Gasteiger partial charge in [0, 0.05) is 50.5 Å². The number of hydrogen-bond donors (Lipinski definition) is 0. The minimum atomic E-state index is 0.215. The Morgan fingerprint density at radius 2 is 1.58 bits per heavy atom. The molecule has 0 N–H and O–H groups in total. The van der Waals surface area contributed by atoms with Crippen LogP contribution in [0, 0.1) is 0 Å². The van der Waals surface area contributed by atoms with Crippen LogP contribution in [0.15, 0.2) is 48.5 Å². The van der Waals surface area contributed by atoms with Crippen LogP contribution in [0.5, 0.6) is 0 Å². The second-order valence-corrected chi connectivity index (χ2v) is 6.87. The van der Waals surface area contributed by atoms with Gasteiger partial charge in [-0.2, -0.15) is 0 Å². The quantitative estimate of drug-likeness (QED) is 0.797. The summed E-state index contributed by atoms with van der Waals surface area (Å²) in [4.78, 5) is 28.8. The highest BCUT2D eigenvalue weighted by Gasteiger charge is 2.21. The average Bonchev–Trinajstić information content (AvgIpc) is 3.14. The van der Waals surface area contributed by atoms with Crippen LogP contribution in [0.25, 0.3) is 11.1 Å². The number of hydrogen-bond acceptors (Lipinski definition) is 3. The normalized spacial score (nSPS) is 17.7. The number of carbonyl (C=O) groups is 2. The molecule has 2 aromatic rings. The number of anilines is 2. The Hall–Kier alpha value is -2.82. The van der Waals surface area contributed by atoms with Gasteiger partial charge < -0.3 is 14.7 Å². The number of piperazine rings is 1. The largest absolute Gasteiger partial charge is 0.368 e. The van der Waals surface area contributed by atoms with Crippen LogP contribution in [0.2, 0.25) is 0 Å². The lowest BCUT2D eigenvalue weighted by molar-refractivity contribution is -0.118. The third-order valence-corrected chi connectivity index (χ3v) is 5.26. The molecule has 2 saturated heterocycles. The highest BCUT2D eigenvalue weighted by Crippen LogP contribution is 2.29. The van der Waals surface area contributed by atoms with Crippen molar-refractivity contribution in [2.45, 2.75) is 12.8 Å². The lowest BCUT2D eigenvalue weighted by Gasteiger charge is -2.34. The second-order valence-electron chi connectivity index (χ2n) is 6.87. The molecule has 2 amide bonds. The van der Waals surface area contributed by atoms with E-state index in [4.69, 9.17) is 0 Å². The van der Waals surface area contributed by atoms with E-state index in [1.165, 1.54) is 5.69 Å². The summed E-state index contributed by atoms with van der Waals surface area (Å²) in [5.41, 5.74) is 4.44. The Balaban J connectivity index is 1.50. The van der Waals surface area contributed by atoms with Crippen LogP contribution in [0.3, 0.4) is 0 Å². The van der Waals surface area contributed by atoms with Gasteiger partial charge in [-0.25, -0.2) is 0 Å². The standard InChI is InChI=1S/C21H23N3O2/c25-16-22-11-13-23(14-12-22)19-8-6-17(7-9-19)18-3-1-4-20(15-18)24-10-2-5-21(24)26/h1,3-4,6-9,15-16H,2,5,10-14H2. The molecule has 0 spiro atoms. The van der Waals surface area contributed by atoms with Crippen LogP contribution in [0.1, 0.15) is 12.8 Å². The molecule has 0 aromatic heterocycles. The van der Waals surface area contributed by atoms with Gasteiger partial charge in [-0.1, -0.05) is 24.3 Å². The second kappa shape index (κ2) is 7.20. The Bertz CT molecular complexity index is 795. The van der Waals surface area contributed by atoms with E-state index in [2.05, 4.69) is 41.3 Å². The first kappa shape index (κ1) is 16.6. The first-order valence-corrected chi connectivity index (χ1v) is 9.20. The van der Waals surface area contributed by atoms with Gasteiger partial charge >= 0.3 is 0 Å². The monoisotopic (exact) mass is 349 g/mol. The van der Waals surface area contributed by atoms with E-state index in [0.717, 1.165) is 62.4 Å². The Morgan fingerprint density at radius 3 is 2.23 bits per heavy atom. The maximum atomic E-state index is 12.0. The third kappa shape index (κ3) is 3.29. The van der Waals surface area contributed by atoms with E-state index in [1.54, 1.807) is 0 Å². The molecule has 2 aromatic carbocycles. The van der Waals surface area contributed by atoms with E-state index in [-0.39, 0.29) is 5.91 Å². The van der Waals surface area contributed by atoms with Crippen LogP contribution < -0.4 is 9.80 Å². The molecule has 0 saturated carbocycles. The average molecular weight is 349 g/mol. The number of benzene rings is 2. The highest BCUT2D eigenvalue weighted by molar-refractivity contribution is 5.96. The van der Waals surface area contributed by atoms with E-state index in [1.807, 2.05) is 21.9 Å². The molecule has 0 bridgehead atoms. The summed E-state index contributed by atoms with van der Waals surface area (Å²) in [5, 5.41) is 0. The molecule has 0 radical (unpaired) electrons. The van der Waals surface area contributed by atoms with Gasteiger partial charge in [-0.15, -0.1) is 0 Å². The van der Waals surface area contributed by atoms with Gasteiger partial charge in [0.25, 0.3) is 0 Å². The van der Waals surface area contributed by atoms with Gasteiger partial charge in [-0.3, -0.25) is 9.59 Å². The number of carbonyl (C=O) groups excluding carboxylic acids is 2. The zero-order valence-electron chi connectivity index (χ0n) is 14.8. The molecular formula is C21H23N3O2. The lowest BCUT2D eigenvalue weighted by Crippen LogP contribution is -2.45. The van der Waals surface area contributed by atoms with Crippen molar-refractivity contribution in [2.75, 3.05) is 42.5 Å². The molecule has 5 heteroatoms. The van der Waals surface area contributed by atoms with Crippen LogP contribution >= 0.6 is 0 Å². The first-order valence-electron chi connectivity index (χ1n) is 9.20. The fourth-order valence-corrected chi connectivity index (χ4v) is 3.72. The highest BCUT2D eigenvalue weighted by atomic mass is 16.2. The van der Waals surface area contributed by atoms with Crippen molar-refractivity contribution in [3.8, 4) is 11.1 Å². The van der Waals surface area contributed by atoms with Crippen molar-refractivity contribution in [1.29, 1.82) is 0 Å². The molecule has 0 atom stereocenters. The van der Waals surface area contributed by atoms with Crippen molar-refractivity contribution in [2.24, 2.45) is 0 Å². The Kier molecular flexibility index (Phi) is 4.61. The predicted molar refractivity (Wildman–Crippen MR) is 103 cm³/mol. The molecule has 4 rings (SSSR count). The van der Waals surface area contributed by atoms with E-state index >= 15 is 0 Å². The Labute approximate surface area is 153 Å². The molecule has 2 aliphatic heterocycles. The third-order valence-electron chi connectivity index (χ3n) is 5.26. The van der Waals surface area contributed by atoms with Gasteiger partial charge in [-0.05, 0) is 41.8 Å². The number of nitrogens with zero attached hydrogens (tertiary/aromatic N) is 3. The van der Waals surface area contributed by atoms with Crippen molar-refractivity contribution in [3.05, 3.63) is 48.5 Å². The van der Waals surface area contributed by atoms with Crippen LogP contribution in [0.4, 0.5) is 11.4 Å². The summed E-state index contributed by atoms with van der Waals surface area (Å²) in [6.07, 6.45) is 2.52. The minimum Gasteiger partial charge on any atom is -0.368 e. The SMILES string of the molecule is O=CN1CCN(c2ccc(-c3cccc(N4CCCC4=O)c3)cc2)CC1. The number of amides is 2. The van der Waals surface area contributed by atoms with E-state index in [9.17, 15) is 9.59 Å². The van der Waals surface area contributed by atoms with Gasteiger partial charge in [0.05, 0.1) is 0 Å². The van der Waals surface area contributed by atoms with Gasteiger partial charge in [0.2, 0.25) is 12.3 Å². The molecule has 2 heterocycles. The molecule has 26 heavy (non-hydrogen) atoms. The zero-order valence-corrected chi connectivity index (χ0v) is 14.8. The molecule has 0 unspecified atom stereocenters. The summed E-state index contributed by atoms with van der Waals surface area (Å²) >= 11 is 0. The summed E-state index contributed by atoms with van der Waals surface area (Å²) in [7, 11) is 0. The number of rotatable bonds is 4. The summed E-state index contributed by atoms with van der Waals surface area (Å²) in [6, 6.07) is 16.7. The van der Waals surface area contributed by atoms with Crippen molar-refractivity contribution in [1.82, 2.24) is 4.90 Å². The predicted octanol–water partition coefficient (Wildman–Crippen LogP) is 2.76. The maximum Gasteiger partial charge on any atom is 0.227 e. The van der Waals surface area contributed by atoms with Crippen molar-refractivity contribution < 1.29 is 9.59 Å². The fourth-order valence-electron chi connectivity index (χ4n) is 3.72. The topological polar surface area (TPSA) is 43.9 Å². The molecule has 2 aliphatic rings. The van der Waals surface area contributed by atoms with Gasteiger partial charge in [0.15, 0.2) is 0 Å². The van der Waals surface area contributed by atoms with Crippen molar-refractivity contribution >= 4 is 23.7 Å². The maximum absolute atomic E-state index is 12.0. The zero-order chi connectivity index (χ0) is 17.9. The van der Waals surface area contributed by atoms with E-state index in [0.29, 0.717) is 6.42 Å². The molecule has 2 fully saturated rings. The lowest BCUT2D eigenvalue weighted by atomic mass is 10.0. The smallest absolute Gasteiger partial charge is 0.227 e. The molecule has 5 nitrogen and oxygen atoms in total. The summed E-state index contributed by atoms with van der Waals surface area (Å²) in [6.45, 7) is 4.09.